The lowest BCUT2D eigenvalue weighted by atomic mass is 10.1. The highest BCUT2D eigenvalue weighted by molar-refractivity contribution is 7.98. The molecule has 7 heteroatoms. The second kappa shape index (κ2) is 9.19. The van der Waals surface area contributed by atoms with Crippen molar-refractivity contribution in [3.8, 4) is 0 Å². The number of thioether (sulfide) groups is 2. The van der Waals surface area contributed by atoms with E-state index in [2.05, 4.69) is 5.32 Å². The highest BCUT2D eigenvalue weighted by Crippen LogP contribution is 2.27. The molecule has 5 nitrogen and oxygen atoms in total. The van der Waals surface area contributed by atoms with E-state index >= 15 is 0 Å². The normalized spacial score (nSPS) is 16.9. The van der Waals surface area contributed by atoms with Gasteiger partial charge in [0, 0.05) is 35.8 Å². The molecule has 2 aromatic rings. The van der Waals surface area contributed by atoms with Gasteiger partial charge >= 0.3 is 0 Å². The van der Waals surface area contributed by atoms with Crippen molar-refractivity contribution >= 4 is 41.0 Å². The number of benzene rings is 1. The van der Waals surface area contributed by atoms with Gasteiger partial charge in [0.25, 0.3) is 0 Å². The first-order valence-electron chi connectivity index (χ1n) is 8.49. The summed E-state index contributed by atoms with van der Waals surface area (Å²) in [5.74, 6) is 2.23. The van der Waals surface area contributed by atoms with E-state index in [9.17, 15) is 9.59 Å². The molecule has 3 rings (SSSR count). The van der Waals surface area contributed by atoms with Crippen LogP contribution in [-0.4, -0.2) is 36.9 Å². The molecule has 0 saturated carbocycles. The van der Waals surface area contributed by atoms with Crippen molar-refractivity contribution < 1.29 is 14.0 Å². The van der Waals surface area contributed by atoms with E-state index in [1.165, 1.54) is 0 Å². The quantitative estimate of drug-likeness (QED) is 0.553. The van der Waals surface area contributed by atoms with Gasteiger partial charge in [-0.15, -0.1) is 11.8 Å². The van der Waals surface area contributed by atoms with Gasteiger partial charge in [-0.3, -0.25) is 9.59 Å². The molecule has 2 heterocycles. The average Bonchev–Trinajstić information content (AvgIpc) is 3.31. The minimum Gasteiger partial charge on any atom is -0.468 e. The van der Waals surface area contributed by atoms with Crippen LogP contribution in [-0.2, 0) is 15.3 Å². The number of hydrogen-bond donors (Lipinski definition) is 1. The number of nitrogens with one attached hydrogen (secondary N) is 1. The smallest absolute Gasteiger partial charge is 0.227 e. The standard InChI is InChI=1S/C19H22N2O3S2/c1-25-17-6-4-15(5-7-17)21-12-14(11-18(21)22)19(23)20-8-10-26-13-16-3-2-9-24-16/h2-7,9,14H,8,10-13H2,1H3,(H,20,23)/t14-/m1/s1. The summed E-state index contributed by atoms with van der Waals surface area (Å²) in [6.07, 6.45) is 3.95. The molecular formula is C19H22N2O3S2. The maximum absolute atomic E-state index is 12.3. The van der Waals surface area contributed by atoms with Gasteiger partial charge in [0.2, 0.25) is 11.8 Å². The molecule has 1 fully saturated rings. The van der Waals surface area contributed by atoms with Crippen LogP contribution < -0.4 is 10.2 Å². The van der Waals surface area contributed by atoms with Gasteiger partial charge < -0.3 is 14.6 Å². The number of rotatable bonds is 8. The predicted molar refractivity (Wildman–Crippen MR) is 107 cm³/mol. The zero-order valence-electron chi connectivity index (χ0n) is 14.6. The molecule has 0 bridgehead atoms. The topological polar surface area (TPSA) is 62.6 Å². The molecule has 1 saturated heterocycles. The molecule has 1 atom stereocenters. The van der Waals surface area contributed by atoms with Crippen molar-refractivity contribution in [2.75, 3.05) is 30.0 Å². The van der Waals surface area contributed by atoms with E-state index in [1.54, 1.807) is 34.7 Å². The first-order chi connectivity index (χ1) is 12.7. The molecule has 2 amide bonds. The minimum atomic E-state index is -0.280. The lowest BCUT2D eigenvalue weighted by Crippen LogP contribution is -2.34. The molecule has 0 spiro atoms. The fourth-order valence-electron chi connectivity index (χ4n) is 2.85. The molecule has 26 heavy (non-hydrogen) atoms. The zero-order chi connectivity index (χ0) is 18.4. The Morgan fingerprint density at radius 1 is 1.31 bits per heavy atom. The maximum Gasteiger partial charge on any atom is 0.227 e. The van der Waals surface area contributed by atoms with Crippen molar-refractivity contribution in [1.29, 1.82) is 0 Å². The maximum atomic E-state index is 12.3. The summed E-state index contributed by atoms with van der Waals surface area (Å²) in [7, 11) is 0. The number of carbonyl (C=O) groups excluding carboxylic acids is 2. The Kier molecular flexibility index (Phi) is 6.68. The van der Waals surface area contributed by atoms with Gasteiger partial charge in [0.05, 0.1) is 17.9 Å². The highest BCUT2D eigenvalue weighted by Gasteiger charge is 2.34. The van der Waals surface area contributed by atoms with E-state index in [0.717, 1.165) is 27.8 Å². The second-order valence-corrected chi connectivity index (χ2v) is 8.01. The van der Waals surface area contributed by atoms with Crippen molar-refractivity contribution in [2.45, 2.75) is 17.1 Å². The number of nitrogens with zero attached hydrogens (tertiary/aromatic N) is 1. The Morgan fingerprint density at radius 2 is 2.12 bits per heavy atom. The lowest BCUT2D eigenvalue weighted by Gasteiger charge is -2.17. The molecule has 1 aliphatic rings. The molecule has 1 aromatic carbocycles. The average molecular weight is 391 g/mol. The van der Waals surface area contributed by atoms with Crippen LogP contribution in [0.25, 0.3) is 0 Å². The molecule has 0 aliphatic carbocycles. The molecule has 0 unspecified atom stereocenters. The third-order valence-corrected chi connectivity index (χ3v) is 5.97. The molecule has 138 valence electrons. The Hall–Kier alpha value is -1.86. The van der Waals surface area contributed by atoms with E-state index in [0.29, 0.717) is 13.1 Å². The number of carbonyl (C=O) groups is 2. The van der Waals surface area contributed by atoms with Gasteiger partial charge in [-0.05, 0) is 42.7 Å². The van der Waals surface area contributed by atoms with Crippen LogP contribution in [0.15, 0.2) is 52.0 Å². The third-order valence-electron chi connectivity index (χ3n) is 4.25. The summed E-state index contributed by atoms with van der Waals surface area (Å²) in [5, 5.41) is 2.94. The summed E-state index contributed by atoms with van der Waals surface area (Å²) in [6.45, 7) is 1.04. The molecule has 1 N–H and O–H groups in total. The van der Waals surface area contributed by atoms with Gasteiger partial charge in [0.15, 0.2) is 0 Å². The van der Waals surface area contributed by atoms with E-state index < -0.39 is 0 Å². The summed E-state index contributed by atoms with van der Waals surface area (Å²) in [5.41, 5.74) is 0.858. The van der Waals surface area contributed by atoms with E-state index in [-0.39, 0.29) is 24.2 Å². The van der Waals surface area contributed by atoms with Crippen LogP contribution in [0.5, 0.6) is 0 Å². The molecule has 0 radical (unpaired) electrons. The van der Waals surface area contributed by atoms with Crippen LogP contribution >= 0.6 is 23.5 Å². The van der Waals surface area contributed by atoms with E-state index in [1.807, 2.05) is 42.7 Å². The minimum absolute atomic E-state index is 0.00856. The van der Waals surface area contributed by atoms with Crippen LogP contribution in [0.1, 0.15) is 12.2 Å². The fourth-order valence-corrected chi connectivity index (χ4v) is 4.02. The fraction of sp³-hybridized carbons (Fsp3) is 0.368. The van der Waals surface area contributed by atoms with Gasteiger partial charge in [0.1, 0.15) is 5.76 Å². The van der Waals surface area contributed by atoms with Crippen molar-refractivity contribution in [1.82, 2.24) is 5.32 Å². The van der Waals surface area contributed by atoms with Crippen LogP contribution in [0.3, 0.4) is 0 Å². The van der Waals surface area contributed by atoms with Crippen LogP contribution in [0.2, 0.25) is 0 Å². The Balaban J connectivity index is 1.42. The largest absolute Gasteiger partial charge is 0.468 e. The van der Waals surface area contributed by atoms with Crippen molar-refractivity contribution in [3.63, 3.8) is 0 Å². The number of furan rings is 1. The van der Waals surface area contributed by atoms with Gasteiger partial charge in [-0.25, -0.2) is 0 Å². The molecule has 1 aliphatic heterocycles. The SMILES string of the molecule is CSc1ccc(N2C[C@H](C(=O)NCCSCc3ccco3)CC2=O)cc1. The van der Waals surface area contributed by atoms with Crippen LogP contribution in [0.4, 0.5) is 5.69 Å². The van der Waals surface area contributed by atoms with Crippen LogP contribution in [0, 0.1) is 5.92 Å². The van der Waals surface area contributed by atoms with Gasteiger partial charge in [-0.1, -0.05) is 0 Å². The second-order valence-electron chi connectivity index (χ2n) is 6.03. The highest BCUT2D eigenvalue weighted by atomic mass is 32.2. The van der Waals surface area contributed by atoms with Crippen molar-refractivity contribution in [3.05, 3.63) is 48.4 Å². The predicted octanol–water partition coefficient (Wildman–Crippen LogP) is 3.40. The Labute approximate surface area is 161 Å². The summed E-state index contributed by atoms with van der Waals surface area (Å²) in [4.78, 5) is 27.5. The Morgan fingerprint density at radius 3 is 2.81 bits per heavy atom. The molecule has 1 aromatic heterocycles. The monoisotopic (exact) mass is 390 g/mol. The first kappa shape index (κ1) is 18.9. The first-order valence-corrected chi connectivity index (χ1v) is 10.9. The summed E-state index contributed by atoms with van der Waals surface area (Å²) < 4.78 is 5.27. The summed E-state index contributed by atoms with van der Waals surface area (Å²) in [6, 6.07) is 11.7. The number of anilines is 1. The van der Waals surface area contributed by atoms with Crippen molar-refractivity contribution in [2.24, 2.45) is 5.92 Å². The number of hydrogen-bond acceptors (Lipinski definition) is 5. The van der Waals surface area contributed by atoms with Gasteiger partial charge in [-0.2, -0.15) is 11.8 Å². The molecular weight excluding hydrogens is 368 g/mol. The number of amides is 2. The lowest BCUT2D eigenvalue weighted by molar-refractivity contribution is -0.126. The third kappa shape index (κ3) is 4.86. The summed E-state index contributed by atoms with van der Waals surface area (Å²) >= 11 is 3.37. The van der Waals surface area contributed by atoms with E-state index in [4.69, 9.17) is 4.42 Å². The Bertz CT molecular complexity index is 732. The zero-order valence-corrected chi connectivity index (χ0v) is 16.3.